The van der Waals surface area contributed by atoms with Gasteiger partial charge in [0, 0.05) is 24.3 Å². The molecule has 0 unspecified atom stereocenters. The molecule has 2 N–H and O–H groups in total. The molecule has 2 aromatic rings. The highest BCUT2D eigenvalue weighted by Crippen LogP contribution is 1.84. The lowest BCUT2D eigenvalue weighted by Gasteiger charge is -2.00. The van der Waals surface area contributed by atoms with E-state index in [9.17, 15) is 0 Å². The Hall–Kier alpha value is -1.74. The van der Waals surface area contributed by atoms with Gasteiger partial charge in [-0.15, -0.1) is 9.13 Å². The van der Waals surface area contributed by atoms with Crippen molar-refractivity contribution in [3.05, 3.63) is 61.2 Å². The maximum atomic E-state index is 6.04. The second-order valence-electron chi connectivity index (χ2n) is 3.06. The van der Waals surface area contributed by atoms with E-state index < -0.39 is 0 Å². The van der Waals surface area contributed by atoms with Crippen LogP contribution in [0.5, 0.6) is 0 Å². The Labute approximate surface area is 83.1 Å². The monoisotopic (exact) mass is 187 g/mol. The normalized spacial score (nSPS) is 10.4. The SMILES string of the molecule is NC([n+]1ccccc1)[n+]1ccccc1. The number of hydrogen-bond donors (Lipinski definition) is 1. The molecule has 2 aromatic heterocycles. The fourth-order valence-corrected chi connectivity index (χ4v) is 1.33. The topological polar surface area (TPSA) is 33.8 Å². The summed E-state index contributed by atoms with van der Waals surface area (Å²) in [6, 6.07) is 11.8. The van der Waals surface area contributed by atoms with Crippen molar-refractivity contribution < 1.29 is 9.13 Å². The molecule has 2 heterocycles. The minimum absolute atomic E-state index is 0.183. The fraction of sp³-hybridized carbons (Fsp3) is 0.0909. The molecule has 0 spiro atoms. The van der Waals surface area contributed by atoms with Gasteiger partial charge in [0.2, 0.25) is 0 Å². The molecule has 3 heteroatoms. The maximum Gasteiger partial charge on any atom is 0.413 e. The summed E-state index contributed by atoms with van der Waals surface area (Å²) in [5.74, 6) is 0. The Morgan fingerprint density at radius 2 is 1.00 bits per heavy atom. The first-order valence-electron chi connectivity index (χ1n) is 4.55. The van der Waals surface area contributed by atoms with E-state index in [2.05, 4.69) is 0 Å². The zero-order chi connectivity index (χ0) is 9.80. The zero-order valence-corrected chi connectivity index (χ0v) is 7.82. The molecule has 0 saturated heterocycles. The summed E-state index contributed by atoms with van der Waals surface area (Å²) in [7, 11) is 0. The van der Waals surface area contributed by atoms with Gasteiger partial charge in [-0.1, -0.05) is 12.1 Å². The van der Waals surface area contributed by atoms with Crippen LogP contribution in [0.25, 0.3) is 0 Å². The van der Waals surface area contributed by atoms with Gasteiger partial charge in [0.25, 0.3) is 0 Å². The smallest absolute Gasteiger partial charge is 0.211 e. The summed E-state index contributed by atoms with van der Waals surface area (Å²) >= 11 is 0. The quantitative estimate of drug-likeness (QED) is 0.671. The van der Waals surface area contributed by atoms with E-state index in [-0.39, 0.29) is 6.29 Å². The van der Waals surface area contributed by atoms with Crippen molar-refractivity contribution in [3.63, 3.8) is 0 Å². The van der Waals surface area contributed by atoms with Gasteiger partial charge in [0.15, 0.2) is 24.8 Å². The molecule has 0 aliphatic carbocycles. The molecule has 70 valence electrons. The fourth-order valence-electron chi connectivity index (χ4n) is 1.33. The van der Waals surface area contributed by atoms with E-state index in [0.717, 1.165) is 0 Å². The number of nitrogens with zero attached hydrogens (tertiary/aromatic N) is 2. The second-order valence-corrected chi connectivity index (χ2v) is 3.06. The first-order valence-corrected chi connectivity index (χ1v) is 4.55. The van der Waals surface area contributed by atoms with Crippen LogP contribution in [0.2, 0.25) is 0 Å². The largest absolute Gasteiger partial charge is 0.413 e. The lowest BCUT2D eigenvalue weighted by atomic mass is 10.4. The number of rotatable bonds is 2. The third kappa shape index (κ3) is 1.78. The van der Waals surface area contributed by atoms with Gasteiger partial charge in [-0.3, -0.25) is 0 Å². The first-order chi connectivity index (χ1) is 6.88. The van der Waals surface area contributed by atoms with E-state index in [1.165, 1.54) is 0 Å². The third-order valence-electron chi connectivity index (χ3n) is 2.09. The predicted molar refractivity (Wildman–Crippen MR) is 51.9 cm³/mol. The molecule has 0 saturated carbocycles. The third-order valence-corrected chi connectivity index (χ3v) is 2.09. The minimum atomic E-state index is -0.183. The van der Waals surface area contributed by atoms with Crippen LogP contribution in [-0.4, -0.2) is 0 Å². The van der Waals surface area contributed by atoms with Crippen LogP contribution in [0.1, 0.15) is 6.29 Å². The summed E-state index contributed by atoms with van der Waals surface area (Å²) in [6.07, 6.45) is 7.61. The van der Waals surface area contributed by atoms with Gasteiger partial charge >= 0.3 is 6.29 Å². The van der Waals surface area contributed by atoms with Gasteiger partial charge in [-0.2, -0.15) is 0 Å². The average Bonchev–Trinajstić information content (AvgIpc) is 2.30. The van der Waals surface area contributed by atoms with Crippen molar-refractivity contribution in [1.29, 1.82) is 0 Å². The number of pyridine rings is 2. The van der Waals surface area contributed by atoms with E-state index in [1.54, 1.807) is 0 Å². The molecule has 0 fully saturated rings. The molecule has 2 rings (SSSR count). The number of aromatic nitrogens is 2. The molecule has 0 amide bonds. The van der Waals surface area contributed by atoms with Gasteiger partial charge in [-0.05, 0) is 0 Å². The molecule has 0 bridgehead atoms. The van der Waals surface area contributed by atoms with E-state index in [0.29, 0.717) is 0 Å². The molecular weight excluding hydrogens is 174 g/mol. The number of hydrogen-bond acceptors (Lipinski definition) is 1. The van der Waals surface area contributed by atoms with E-state index in [1.807, 2.05) is 70.3 Å². The van der Waals surface area contributed by atoms with Crippen molar-refractivity contribution in [2.45, 2.75) is 6.29 Å². The molecule has 14 heavy (non-hydrogen) atoms. The Morgan fingerprint density at radius 1 is 0.643 bits per heavy atom. The van der Waals surface area contributed by atoms with Crippen LogP contribution in [0, 0.1) is 0 Å². The molecule has 0 aliphatic rings. The maximum absolute atomic E-state index is 6.04. The lowest BCUT2D eigenvalue weighted by Crippen LogP contribution is -2.61. The standard InChI is InChI=1S/C11H13N3/c12-11(13-7-3-1-4-8-13)14-9-5-2-6-10-14/h1-11H,12H2/q+2. The van der Waals surface area contributed by atoms with Crippen LogP contribution >= 0.6 is 0 Å². The van der Waals surface area contributed by atoms with Gasteiger partial charge < -0.3 is 0 Å². The molecule has 0 aliphatic heterocycles. The Bertz CT molecular complexity index is 346. The Kier molecular flexibility index (Phi) is 2.51. The highest BCUT2D eigenvalue weighted by Gasteiger charge is 2.19. The van der Waals surface area contributed by atoms with Crippen molar-refractivity contribution in [1.82, 2.24) is 0 Å². The average molecular weight is 187 g/mol. The second kappa shape index (κ2) is 3.98. The van der Waals surface area contributed by atoms with Gasteiger partial charge in [0.05, 0.1) is 0 Å². The zero-order valence-electron chi connectivity index (χ0n) is 7.82. The summed E-state index contributed by atoms with van der Waals surface area (Å²) in [6.45, 7) is 0. The highest BCUT2D eigenvalue weighted by atomic mass is 15.3. The van der Waals surface area contributed by atoms with Crippen LogP contribution in [0.4, 0.5) is 0 Å². The van der Waals surface area contributed by atoms with Gasteiger partial charge in [-0.25, -0.2) is 5.73 Å². The molecule has 0 radical (unpaired) electrons. The molecule has 0 aromatic carbocycles. The summed E-state index contributed by atoms with van der Waals surface area (Å²) in [4.78, 5) is 0. The van der Waals surface area contributed by atoms with Crippen LogP contribution in [0.3, 0.4) is 0 Å². The van der Waals surface area contributed by atoms with Crippen LogP contribution in [0.15, 0.2) is 61.2 Å². The van der Waals surface area contributed by atoms with Crippen LogP contribution in [-0.2, 0) is 0 Å². The van der Waals surface area contributed by atoms with E-state index in [4.69, 9.17) is 5.73 Å². The van der Waals surface area contributed by atoms with Crippen LogP contribution < -0.4 is 14.9 Å². The molecule has 3 nitrogen and oxygen atoms in total. The van der Waals surface area contributed by atoms with Crippen molar-refractivity contribution in [2.24, 2.45) is 5.73 Å². The lowest BCUT2D eigenvalue weighted by molar-refractivity contribution is -0.944. The highest BCUT2D eigenvalue weighted by molar-refractivity contribution is 4.84. The Balaban J connectivity index is 2.30. The van der Waals surface area contributed by atoms with Gasteiger partial charge in [0.1, 0.15) is 0 Å². The minimum Gasteiger partial charge on any atom is -0.211 e. The summed E-state index contributed by atoms with van der Waals surface area (Å²) < 4.78 is 3.89. The van der Waals surface area contributed by atoms with Crippen molar-refractivity contribution in [3.8, 4) is 0 Å². The van der Waals surface area contributed by atoms with Crippen molar-refractivity contribution in [2.75, 3.05) is 0 Å². The molecular formula is C11H13N3+2. The molecule has 0 atom stereocenters. The predicted octanol–water partition coefficient (Wildman–Crippen LogP) is 0.225. The van der Waals surface area contributed by atoms with E-state index >= 15 is 0 Å². The number of nitrogens with two attached hydrogens (primary N) is 1. The first kappa shape index (κ1) is 8.84. The summed E-state index contributed by atoms with van der Waals surface area (Å²) in [5.41, 5.74) is 6.04. The Morgan fingerprint density at radius 3 is 1.36 bits per heavy atom. The van der Waals surface area contributed by atoms with Crippen molar-refractivity contribution >= 4 is 0 Å². The summed E-state index contributed by atoms with van der Waals surface area (Å²) in [5, 5.41) is 0.